The van der Waals surface area contributed by atoms with Gasteiger partial charge in [-0.1, -0.05) is 12.1 Å². The lowest BCUT2D eigenvalue weighted by Gasteiger charge is -1.96. The summed E-state index contributed by atoms with van der Waals surface area (Å²) in [5.74, 6) is 0. The topological polar surface area (TPSA) is 68.8 Å². The Morgan fingerprint density at radius 1 is 1.62 bits per heavy atom. The number of nitrogens with two attached hydrogens (primary N) is 1. The molecule has 1 heterocycles. The highest BCUT2D eigenvalue weighted by atomic mass is 15.4. The molecule has 0 bridgehead atoms. The molecule has 0 saturated heterocycles. The number of aromatic nitrogens is 3. The molecule has 3 N–H and O–H groups in total. The molecule has 5 heteroatoms. The predicted octanol–water partition coefficient (Wildman–Crippen LogP) is -0.264. The highest BCUT2D eigenvalue weighted by Crippen LogP contribution is 1.93. The molecule has 0 aliphatic carbocycles. The quantitative estimate of drug-likeness (QED) is 0.637. The van der Waals surface area contributed by atoms with E-state index in [0.717, 1.165) is 31.7 Å². The van der Waals surface area contributed by atoms with Crippen LogP contribution in [0.1, 0.15) is 19.0 Å². The van der Waals surface area contributed by atoms with E-state index in [4.69, 9.17) is 5.73 Å². The van der Waals surface area contributed by atoms with E-state index in [-0.39, 0.29) is 0 Å². The average Bonchev–Trinajstić information content (AvgIpc) is 2.59. The second kappa shape index (κ2) is 5.66. The van der Waals surface area contributed by atoms with Crippen LogP contribution in [-0.2, 0) is 13.1 Å². The van der Waals surface area contributed by atoms with Crippen molar-refractivity contribution in [3.05, 3.63) is 11.9 Å². The monoisotopic (exact) mass is 183 g/mol. The maximum absolute atomic E-state index is 5.39. The van der Waals surface area contributed by atoms with Crippen molar-refractivity contribution in [1.82, 2.24) is 20.3 Å². The summed E-state index contributed by atoms with van der Waals surface area (Å²) in [4.78, 5) is 0. The number of nitrogens with zero attached hydrogens (tertiary/aromatic N) is 3. The number of nitrogens with one attached hydrogen (secondary N) is 1. The van der Waals surface area contributed by atoms with Crippen molar-refractivity contribution in [3.63, 3.8) is 0 Å². The van der Waals surface area contributed by atoms with Gasteiger partial charge in [-0.05, 0) is 19.5 Å². The van der Waals surface area contributed by atoms with Crippen LogP contribution in [0.25, 0.3) is 0 Å². The summed E-state index contributed by atoms with van der Waals surface area (Å²) in [7, 11) is 0. The number of aryl methyl sites for hydroxylation is 1. The normalized spacial score (nSPS) is 10.6. The maximum atomic E-state index is 5.39. The molecule has 5 nitrogen and oxygen atoms in total. The molecular weight excluding hydrogens is 166 g/mol. The molecule has 1 aromatic heterocycles. The van der Waals surface area contributed by atoms with Gasteiger partial charge in [0.1, 0.15) is 0 Å². The van der Waals surface area contributed by atoms with Gasteiger partial charge in [0.15, 0.2) is 0 Å². The van der Waals surface area contributed by atoms with Gasteiger partial charge in [-0.15, -0.1) is 5.10 Å². The van der Waals surface area contributed by atoms with E-state index >= 15 is 0 Å². The zero-order valence-corrected chi connectivity index (χ0v) is 8.03. The Labute approximate surface area is 78.3 Å². The molecule has 0 aliphatic heterocycles. The van der Waals surface area contributed by atoms with Crippen LogP contribution >= 0.6 is 0 Å². The third kappa shape index (κ3) is 3.52. The Balaban J connectivity index is 2.34. The molecule has 0 atom stereocenters. The highest BCUT2D eigenvalue weighted by Gasteiger charge is 1.98. The van der Waals surface area contributed by atoms with Crippen molar-refractivity contribution in [1.29, 1.82) is 0 Å². The largest absolute Gasteiger partial charge is 0.330 e. The Bertz CT molecular complexity index is 210. The summed E-state index contributed by atoms with van der Waals surface area (Å²) in [5.41, 5.74) is 6.37. The van der Waals surface area contributed by atoms with Gasteiger partial charge in [0.25, 0.3) is 0 Å². The first-order chi connectivity index (χ1) is 6.36. The van der Waals surface area contributed by atoms with Crippen LogP contribution in [0, 0.1) is 0 Å². The fourth-order valence-electron chi connectivity index (χ4n) is 1.04. The fourth-order valence-corrected chi connectivity index (χ4v) is 1.04. The summed E-state index contributed by atoms with van der Waals surface area (Å²) < 4.78 is 1.83. The van der Waals surface area contributed by atoms with E-state index in [1.54, 1.807) is 0 Å². The number of rotatable bonds is 6. The Kier molecular flexibility index (Phi) is 4.42. The van der Waals surface area contributed by atoms with Crippen LogP contribution in [0.3, 0.4) is 0 Å². The lowest BCUT2D eigenvalue weighted by molar-refractivity contribution is 0.564. The summed E-state index contributed by atoms with van der Waals surface area (Å²) in [5, 5.41) is 11.2. The molecule has 0 saturated carbocycles. The molecule has 0 aromatic carbocycles. The second-order valence-electron chi connectivity index (χ2n) is 2.90. The summed E-state index contributed by atoms with van der Waals surface area (Å²) >= 11 is 0. The molecule has 0 fully saturated rings. The van der Waals surface area contributed by atoms with E-state index in [0.29, 0.717) is 6.54 Å². The van der Waals surface area contributed by atoms with E-state index in [2.05, 4.69) is 22.6 Å². The fraction of sp³-hybridized carbons (Fsp3) is 0.750. The van der Waals surface area contributed by atoms with E-state index in [9.17, 15) is 0 Å². The summed E-state index contributed by atoms with van der Waals surface area (Å²) in [6.07, 6.45) is 2.91. The Morgan fingerprint density at radius 3 is 3.15 bits per heavy atom. The molecule has 0 spiro atoms. The lowest BCUT2D eigenvalue weighted by atomic mass is 10.4. The standard InChI is InChI=1S/C8H17N5/c1-2-10-6-8-7-13(12-11-8)5-3-4-9/h7,10H,2-6,9H2,1H3. The zero-order chi connectivity index (χ0) is 9.52. The van der Waals surface area contributed by atoms with Gasteiger partial charge in [-0.3, -0.25) is 4.68 Å². The van der Waals surface area contributed by atoms with Crippen molar-refractivity contribution in [2.45, 2.75) is 26.4 Å². The first kappa shape index (κ1) is 10.1. The van der Waals surface area contributed by atoms with E-state index in [1.807, 2.05) is 10.9 Å². The highest BCUT2D eigenvalue weighted by molar-refractivity contribution is 4.91. The minimum atomic E-state index is 0.697. The van der Waals surface area contributed by atoms with Crippen LogP contribution < -0.4 is 11.1 Å². The molecule has 0 amide bonds. The molecule has 1 rings (SSSR count). The van der Waals surface area contributed by atoms with Crippen LogP contribution in [0.5, 0.6) is 0 Å². The van der Waals surface area contributed by atoms with Gasteiger partial charge in [0.05, 0.1) is 5.69 Å². The van der Waals surface area contributed by atoms with Crippen molar-refractivity contribution in [2.24, 2.45) is 5.73 Å². The van der Waals surface area contributed by atoms with Gasteiger partial charge in [0.2, 0.25) is 0 Å². The van der Waals surface area contributed by atoms with E-state index in [1.165, 1.54) is 0 Å². The molecule has 1 aromatic rings. The zero-order valence-electron chi connectivity index (χ0n) is 8.03. The molecule has 0 unspecified atom stereocenters. The third-order valence-electron chi connectivity index (χ3n) is 1.73. The van der Waals surface area contributed by atoms with Crippen LogP contribution in [0.4, 0.5) is 0 Å². The second-order valence-corrected chi connectivity index (χ2v) is 2.90. The molecule has 0 radical (unpaired) electrons. The Morgan fingerprint density at radius 2 is 2.46 bits per heavy atom. The van der Waals surface area contributed by atoms with Crippen molar-refractivity contribution in [3.8, 4) is 0 Å². The van der Waals surface area contributed by atoms with E-state index < -0.39 is 0 Å². The molecular formula is C8H17N5. The van der Waals surface area contributed by atoms with Crippen molar-refractivity contribution in [2.75, 3.05) is 13.1 Å². The minimum Gasteiger partial charge on any atom is -0.330 e. The van der Waals surface area contributed by atoms with Gasteiger partial charge in [-0.25, -0.2) is 0 Å². The van der Waals surface area contributed by atoms with Gasteiger partial charge in [0, 0.05) is 19.3 Å². The molecule has 13 heavy (non-hydrogen) atoms. The Hall–Kier alpha value is -0.940. The first-order valence-corrected chi connectivity index (χ1v) is 4.66. The smallest absolute Gasteiger partial charge is 0.0964 e. The van der Waals surface area contributed by atoms with Gasteiger partial charge < -0.3 is 11.1 Å². The predicted molar refractivity (Wildman–Crippen MR) is 51.1 cm³/mol. The average molecular weight is 183 g/mol. The maximum Gasteiger partial charge on any atom is 0.0964 e. The van der Waals surface area contributed by atoms with Gasteiger partial charge >= 0.3 is 0 Å². The SMILES string of the molecule is CCNCc1cn(CCCN)nn1. The third-order valence-corrected chi connectivity index (χ3v) is 1.73. The van der Waals surface area contributed by atoms with Crippen LogP contribution in [0.15, 0.2) is 6.20 Å². The van der Waals surface area contributed by atoms with Crippen molar-refractivity contribution >= 4 is 0 Å². The van der Waals surface area contributed by atoms with Crippen molar-refractivity contribution < 1.29 is 0 Å². The lowest BCUT2D eigenvalue weighted by Crippen LogP contribution is -2.11. The number of hydrogen-bond donors (Lipinski definition) is 2. The van der Waals surface area contributed by atoms with Crippen LogP contribution in [-0.4, -0.2) is 28.1 Å². The first-order valence-electron chi connectivity index (χ1n) is 4.66. The summed E-state index contributed by atoms with van der Waals surface area (Å²) in [6.45, 7) is 5.37. The number of hydrogen-bond acceptors (Lipinski definition) is 4. The minimum absolute atomic E-state index is 0.697. The van der Waals surface area contributed by atoms with Crippen LogP contribution in [0.2, 0.25) is 0 Å². The molecule has 0 aliphatic rings. The molecule has 74 valence electrons. The van der Waals surface area contributed by atoms with Gasteiger partial charge in [-0.2, -0.15) is 0 Å². The summed E-state index contributed by atoms with van der Waals surface area (Å²) in [6, 6.07) is 0.